The summed E-state index contributed by atoms with van der Waals surface area (Å²) < 4.78 is 0. The summed E-state index contributed by atoms with van der Waals surface area (Å²) in [5.74, 6) is 0.379. The third-order valence-electron chi connectivity index (χ3n) is 5.11. The summed E-state index contributed by atoms with van der Waals surface area (Å²) in [6.45, 7) is 21.8. The quantitative estimate of drug-likeness (QED) is 0.413. The molecule has 0 radical (unpaired) electrons. The van der Waals surface area contributed by atoms with Crippen molar-refractivity contribution in [1.29, 1.82) is 0 Å². The summed E-state index contributed by atoms with van der Waals surface area (Å²) in [4.78, 5) is 21.0. The third kappa shape index (κ3) is 18.2. The maximum atomic E-state index is 11.6. The molecule has 0 bridgehead atoms. The van der Waals surface area contributed by atoms with Gasteiger partial charge in [-0.2, -0.15) is 0 Å². The van der Waals surface area contributed by atoms with Gasteiger partial charge in [0.2, 0.25) is 0 Å². The molecule has 34 heavy (non-hydrogen) atoms. The third-order valence-corrected chi connectivity index (χ3v) is 5.11. The van der Waals surface area contributed by atoms with E-state index in [2.05, 4.69) is 69.4 Å². The molecule has 0 amide bonds. The first kappa shape index (κ1) is 36.3. The fraction of sp³-hybridized carbons (Fsp3) is 0.548. The molecular formula is C31H53NO2. The summed E-state index contributed by atoms with van der Waals surface area (Å²) >= 11 is 0. The Morgan fingerprint density at radius 2 is 1.26 bits per heavy atom. The zero-order valence-corrected chi connectivity index (χ0v) is 24.2. The molecule has 0 saturated carbocycles. The van der Waals surface area contributed by atoms with Gasteiger partial charge in [-0.25, -0.2) is 0 Å². The molecule has 2 rings (SSSR count). The van der Waals surface area contributed by atoms with E-state index in [1.165, 1.54) is 25.0 Å². The maximum Gasteiger partial charge on any atom is 0.162 e. The largest absolute Gasteiger partial charge is 0.317 e. The normalized spacial score (nSPS) is 10.4. The van der Waals surface area contributed by atoms with E-state index in [0.29, 0.717) is 12.5 Å². The number of hydrogen-bond donors (Lipinski definition) is 1. The van der Waals surface area contributed by atoms with Crippen LogP contribution in [-0.4, -0.2) is 24.7 Å². The minimum absolute atomic E-state index is 0.167. The predicted molar refractivity (Wildman–Crippen MR) is 152 cm³/mol. The van der Waals surface area contributed by atoms with Gasteiger partial charge in [0.1, 0.15) is 5.78 Å². The smallest absolute Gasteiger partial charge is 0.162 e. The Kier molecular flexibility index (Phi) is 24.1. The molecule has 2 aromatic rings. The number of nitrogens with one attached hydrogen (secondary N) is 1. The monoisotopic (exact) mass is 471 g/mol. The molecule has 194 valence electrons. The van der Waals surface area contributed by atoms with Crippen LogP contribution in [-0.2, 0) is 17.6 Å². The number of carbonyl (C=O) groups is 2. The van der Waals surface area contributed by atoms with E-state index in [4.69, 9.17) is 0 Å². The van der Waals surface area contributed by atoms with Gasteiger partial charge >= 0.3 is 0 Å². The van der Waals surface area contributed by atoms with Crippen LogP contribution in [0.15, 0.2) is 54.6 Å². The maximum absolute atomic E-state index is 11.6. The molecule has 0 aliphatic carbocycles. The van der Waals surface area contributed by atoms with Gasteiger partial charge in [0.05, 0.1) is 0 Å². The molecule has 1 unspecified atom stereocenters. The molecule has 3 heteroatoms. The van der Waals surface area contributed by atoms with E-state index in [9.17, 15) is 9.59 Å². The molecule has 0 spiro atoms. The molecule has 1 atom stereocenters. The summed E-state index contributed by atoms with van der Waals surface area (Å²) in [5, 5.41) is 3.31. The minimum atomic E-state index is 0.167. The number of aryl methyl sites for hydroxylation is 1. The van der Waals surface area contributed by atoms with E-state index < -0.39 is 0 Å². The zero-order valence-electron chi connectivity index (χ0n) is 24.2. The number of Topliss-reactive ketones (excluding diaryl/α,β-unsaturated/α-hetero) is 2. The van der Waals surface area contributed by atoms with Gasteiger partial charge in [0.25, 0.3) is 0 Å². The topological polar surface area (TPSA) is 46.2 Å². The van der Waals surface area contributed by atoms with Crippen molar-refractivity contribution in [2.24, 2.45) is 5.41 Å². The van der Waals surface area contributed by atoms with Crippen LogP contribution in [0.2, 0.25) is 0 Å². The first-order valence-electron chi connectivity index (χ1n) is 12.9. The first-order chi connectivity index (χ1) is 16.1. The highest BCUT2D eigenvalue weighted by atomic mass is 16.1. The molecule has 0 saturated heterocycles. The van der Waals surface area contributed by atoms with Crippen LogP contribution in [0.5, 0.6) is 0 Å². The zero-order chi connectivity index (χ0) is 27.2. The van der Waals surface area contributed by atoms with Crippen LogP contribution in [0, 0.1) is 5.41 Å². The summed E-state index contributed by atoms with van der Waals surface area (Å²) in [7, 11) is 2.00. The molecule has 0 heterocycles. The van der Waals surface area contributed by atoms with Crippen LogP contribution >= 0.6 is 0 Å². The Balaban J connectivity index is -0.000000495. The van der Waals surface area contributed by atoms with Crippen LogP contribution in [0.3, 0.4) is 0 Å². The fourth-order valence-electron chi connectivity index (χ4n) is 2.80. The van der Waals surface area contributed by atoms with Gasteiger partial charge < -0.3 is 10.1 Å². The summed E-state index contributed by atoms with van der Waals surface area (Å²) in [5.41, 5.74) is 3.72. The molecule has 0 aromatic heterocycles. The highest BCUT2D eigenvalue weighted by molar-refractivity contribution is 5.95. The Labute approximate surface area is 211 Å². The summed E-state index contributed by atoms with van der Waals surface area (Å²) in [6.07, 6.45) is 2.72. The number of ketones is 2. The Bertz CT molecular complexity index is 730. The van der Waals surface area contributed by atoms with Crippen molar-refractivity contribution in [3.63, 3.8) is 0 Å². The van der Waals surface area contributed by atoms with E-state index in [0.717, 1.165) is 18.4 Å². The molecule has 2 aromatic carbocycles. The van der Waals surface area contributed by atoms with E-state index in [-0.39, 0.29) is 17.0 Å². The van der Waals surface area contributed by atoms with Crippen molar-refractivity contribution in [3.8, 4) is 0 Å². The van der Waals surface area contributed by atoms with Crippen molar-refractivity contribution < 1.29 is 9.59 Å². The molecule has 0 aliphatic heterocycles. The number of hydrogen-bond acceptors (Lipinski definition) is 3. The van der Waals surface area contributed by atoms with Crippen molar-refractivity contribution >= 4 is 11.6 Å². The van der Waals surface area contributed by atoms with Crippen molar-refractivity contribution in [2.75, 3.05) is 7.05 Å². The van der Waals surface area contributed by atoms with Crippen LogP contribution < -0.4 is 5.32 Å². The Morgan fingerprint density at radius 3 is 1.59 bits per heavy atom. The average Bonchev–Trinajstić information content (AvgIpc) is 2.86. The lowest BCUT2D eigenvalue weighted by molar-refractivity contribution is -0.115. The SMILES string of the molecule is CC.CC.CC(C)=O.CCC(=O)c1ccc(CC(C)(C)C(C)NC)cc1.CCc1ccccc1. The van der Waals surface area contributed by atoms with Crippen LogP contribution in [0.4, 0.5) is 0 Å². The van der Waals surface area contributed by atoms with E-state index >= 15 is 0 Å². The molecule has 3 nitrogen and oxygen atoms in total. The molecular weight excluding hydrogens is 418 g/mol. The highest BCUT2D eigenvalue weighted by Gasteiger charge is 2.24. The van der Waals surface area contributed by atoms with Crippen LogP contribution in [0.25, 0.3) is 0 Å². The highest BCUT2D eigenvalue weighted by Crippen LogP contribution is 2.26. The van der Waals surface area contributed by atoms with Gasteiger partial charge in [0.15, 0.2) is 5.78 Å². The van der Waals surface area contributed by atoms with E-state index in [1.54, 1.807) is 0 Å². The molecule has 0 aliphatic rings. The second-order valence-electron chi connectivity index (χ2n) is 8.40. The number of benzene rings is 2. The number of carbonyl (C=O) groups excluding carboxylic acids is 2. The predicted octanol–water partition coefficient (Wildman–Crippen LogP) is 8.35. The average molecular weight is 472 g/mol. The fourth-order valence-corrected chi connectivity index (χ4v) is 2.80. The lowest BCUT2D eigenvalue weighted by atomic mass is 9.79. The standard InChI is InChI=1S/C16H25NO.C8H10.C3H6O.2C2H6/c1-6-15(18)14-9-7-13(8-10-14)11-16(3,4)12(2)17-5;1-2-8-6-4-3-5-7-8;1-3(2)4;2*1-2/h7-10,12,17H,6,11H2,1-5H3;3-7H,2H2,1H3;1-2H3;2*1-2H3. The molecule has 0 fully saturated rings. The lowest BCUT2D eigenvalue weighted by Crippen LogP contribution is -2.38. The Hall–Kier alpha value is -2.26. The van der Waals surface area contributed by atoms with Crippen LogP contribution in [0.1, 0.15) is 104 Å². The lowest BCUT2D eigenvalue weighted by Gasteiger charge is -2.31. The van der Waals surface area contributed by atoms with Crippen molar-refractivity contribution in [3.05, 3.63) is 71.3 Å². The van der Waals surface area contributed by atoms with Gasteiger partial charge in [-0.3, -0.25) is 4.79 Å². The van der Waals surface area contributed by atoms with Gasteiger partial charge in [0, 0.05) is 18.0 Å². The minimum Gasteiger partial charge on any atom is -0.317 e. The Morgan fingerprint density at radius 1 is 0.824 bits per heavy atom. The van der Waals surface area contributed by atoms with Crippen molar-refractivity contribution in [1.82, 2.24) is 5.32 Å². The summed E-state index contributed by atoms with van der Waals surface area (Å²) in [6, 6.07) is 19.0. The number of rotatable bonds is 7. The van der Waals surface area contributed by atoms with Gasteiger partial charge in [-0.05, 0) is 57.2 Å². The van der Waals surface area contributed by atoms with Gasteiger partial charge in [-0.1, -0.05) is 110 Å². The van der Waals surface area contributed by atoms with Gasteiger partial charge in [-0.15, -0.1) is 0 Å². The first-order valence-corrected chi connectivity index (χ1v) is 12.9. The molecule has 1 N–H and O–H groups in total. The van der Waals surface area contributed by atoms with E-state index in [1.807, 2.05) is 59.9 Å². The van der Waals surface area contributed by atoms with Crippen molar-refractivity contribution in [2.45, 2.75) is 101 Å². The second kappa shape index (κ2) is 22.5. The second-order valence-corrected chi connectivity index (χ2v) is 8.40.